The van der Waals surface area contributed by atoms with E-state index in [-0.39, 0.29) is 0 Å². The fourth-order valence-corrected chi connectivity index (χ4v) is 1.56. The van der Waals surface area contributed by atoms with Crippen LogP contribution >= 0.6 is 0 Å². The van der Waals surface area contributed by atoms with Crippen molar-refractivity contribution < 1.29 is 0 Å². The second-order valence-corrected chi connectivity index (χ2v) is 3.38. The molecule has 0 aliphatic rings. The molecular weight excluding hydrogens is 170 g/mol. The van der Waals surface area contributed by atoms with Crippen LogP contribution in [0.25, 0.3) is 17.0 Å². The summed E-state index contributed by atoms with van der Waals surface area (Å²) >= 11 is 0. The number of benzene rings is 1. The molecule has 70 valence electrons. The van der Waals surface area contributed by atoms with Gasteiger partial charge in [-0.05, 0) is 37.6 Å². The van der Waals surface area contributed by atoms with Crippen LogP contribution in [-0.2, 0) is 0 Å². The molecule has 0 amide bonds. The quantitative estimate of drug-likeness (QED) is 0.658. The molecule has 14 heavy (non-hydrogen) atoms. The zero-order valence-electron chi connectivity index (χ0n) is 8.49. The van der Waals surface area contributed by atoms with Gasteiger partial charge in [-0.25, -0.2) is 4.98 Å². The van der Waals surface area contributed by atoms with Crippen LogP contribution in [0.1, 0.15) is 18.2 Å². The highest BCUT2D eigenvalue weighted by molar-refractivity contribution is 5.80. The van der Waals surface area contributed by atoms with Gasteiger partial charge in [-0.15, -0.1) is 0 Å². The minimum absolute atomic E-state index is 1.06. The van der Waals surface area contributed by atoms with Gasteiger partial charge in [0.15, 0.2) is 0 Å². The minimum atomic E-state index is 1.06. The van der Waals surface area contributed by atoms with Gasteiger partial charge in [0, 0.05) is 5.39 Å². The van der Waals surface area contributed by atoms with Crippen LogP contribution in [0.2, 0.25) is 0 Å². The number of para-hydroxylation sites is 1. The lowest BCUT2D eigenvalue weighted by Gasteiger charge is -2.02. The molecule has 0 atom stereocenters. The van der Waals surface area contributed by atoms with E-state index in [1.165, 1.54) is 10.9 Å². The molecule has 1 nitrogen and oxygen atoms in total. The molecule has 1 aromatic heterocycles. The van der Waals surface area contributed by atoms with Gasteiger partial charge in [0.1, 0.15) is 0 Å². The van der Waals surface area contributed by atoms with E-state index in [4.69, 9.17) is 0 Å². The first-order valence-corrected chi connectivity index (χ1v) is 4.80. The third-order valence-electron chi connectivity index (χ3n) is 2.28. The van der Waals surface area contributed by atoms with Crippen LogP contribution in [0, 0.1) is 6.92 Å². The van der Waals surface area contributed by atoms with E-state index >= 15 is 0 Å². The maximum atomic E-state index is 4.58. The third-order valence-corrected chi connectivity index (χ3v) is 2.28. The number of aryl methyl sites for hydroxylation is 1. The van der Waals surface area contributed by atoms with Gasteiger partial charge in [-0.1, -0.05) is 24.3 Å². The molecule has 0 spiro atoms. The SMILES string of the molecule is CC=Cc1nc2ccccc2cc1C. The first-order valence-electron chi connectivity index (χ1n) is 4.80. The number of fused-ring (bicyclic) bond motifs is 1. The zero-order valence-corrected chi connectivity index (χ0v) is 8.49. The van der Waals surface area contributed by atoms with E-state index < -0.39 is 0 Å². The lowest BCUT2D eigenvalue weighted by molar-refractivity contribution is 1.29. The Morgan fingerprint density at radius 3 is 2.79 bits per heavy atom. The fraction of sp³-hybridized carbons (Fsp3) is 0.154. The van der Waals surface area contributed by atoms with Gasteiger partial charge in [0.2, 0.25) is 0 Å². The van der Waals surface area contributed by atoms with E-state index in [0.29, 0.717) is 0 Å². The second-order valence-electron chi connectivity index (χ2n) is 3.38. The monoisotopic (exact) mass is 183 g/mol. The van der Waals surface area contributed by atoms with Crippen molar-refractivity contribution in [2.45, 2.75) is 13.8 Å². The molecule has 0 bridgehead atoms. The molecule has 1 heterocycles. The van der Waals surface area contributed by atoms with E-state index in [9.17, 15) is 0 Å². The summed E-state index contributed by atoms with van der Waals surface area (Å²) < 4.78 is 0. The summed E-state index contributed by atoms with van der Waals surface area (Å²) in [7, 11) is 0. The molecule has 1 aromatic carbocycles. The van der Waals surface area contributed by atoms with Crippen LogP contribution in [-0.4, -0.2) is 4.98 Å². The van der Waals surface area contributed by atoms with Crippen molar-refractivity contribution >= 4 is 17.0 Å². The Balaban J connectivity index is 2.70. The highest BCUT2D eigenvalue weighted by atomic mass is 14.7. The molecule has 2 rings (SSSR count). The molecular formula is C13H13N. The summed E-state index contributed by atoms with van der Waals surface area (Å²) in [5.41, 5.74) is 3.35. The molecule has 0 aliphatic carbocycles. The average molecular weight is 183 g/mol. The standard InChI is InChI=1S/C13H13N/c1-3-6-12-10(2)9-11-7-4-5-8-13(11)14-12/h3-9H,1-2H3. The molecule has 0 N–H and O–H groups in total. The molecule has 0 fully saturated rings. The van der Waals surface area contributed by atoms with Crippen molar-refractivity contribution in [2.24, 2.45) is 0 Å². The predicted octanol–water partition coefficient (Wildman–Crippen LogP) is 3.58. The molecule has 0 aliphatic heterocycles. The van der Waals surface area contributed by atoms with Crippen LogP contribution in [0.15, 0.2) is 36.4 Å². The number of rotatable bonds is 1. The number of pyridine rings is 1. The van der Waals surface area contributed by atoms with Gasteiger partial charge >= 0.3 is 0 Å². The number of nitrogens with zero attached hydrogens (tertiary/aromatic N) is 1. The van der Waals surface area contributed by atoms with Gasteiger partial charge in [0.25, 0.3) is 0 Å². The van der Waals surface area contributed by atoms with Crippen LogP contribution in [0.4, 0.5) is 0 Å². The van der Waals surface area contributed by atoms with E-state index in [0.717, 1.165) is 11.2 Å². The highest BCUT2D eigenvalue weighted by Gasteiger charge is 1.98. The van der Waals surface area contributed by atoms with Crippen molar-refractivity contribution in [1.29, 1.82) is 0 Å². The van der Waals surface area contributed by atoms with Crippen molar-refractivity contribution in [3.05, 3.63) is 47.7 Å². The second kappa shape index (κ2) is 3.62. The molecule has 0 saturated carbocycles. The number of aromatic nitrogens is 1. The summed E-state index contributed by atoms with van der Waals surface area (Å²) in [5.74, 6) is 0. The summed E-state index contributed by atoms with van der Waals surface area (Å²) in [4.78, 5) is 4.58. The highest BCUT2D eigenvalue weighted by Crippen LogP contribution is 2.16. The van der Waals surface area contributed by atoms with Gasteiger partial charge < -0.3 is 0 Å². The topological polar surface area (TPSA) is 12.9 Å². The number of allylic oxidation sites excluding steroid dienone is 1. The van der Waals surface area contributed by atoms with Crippen LogP contribution in [0.3, 0.4) is 0 Å². The van der Waals surface area contributed by atoms with Crippen molar-refractivity contribution in [3.63, 3.8) is 0 Å². The smallest absolute Gasteiger partial charge is 0.0709 e. The predicted molar refractivity (Wildman–Crippen MR) is 61.2 cm³/mol. The van der Waals surface area contributed by atoms with Gasteiger partial charge in [0.05, 0.1) is 11.2 Å². The fourth-order valence-electron chi connectivity index (χ4n) is 1.56. The van der Waals surface area contributed by atoms with E-state index in [1.807, 2.05) is 37.3 Å². The first kappa shape index (κ1) is 8.95. The Morgan fingerprint density at radius 2 is 2.00 bits per heavy atom. The molecule has 0 saturated heterocycles. The molecule has 2 aromatic rings. The lowest BCUT2D eigenvalue weighted by atomic mass is 10.1. The Bertz CT molecular complexity index is 484. The maximum absolute atomic E-state index is 4.58. The van der Waals surface area contributed by atoms with Gasteiger partial charge in [-0.3, -0.25) is 0 Å². The number of hydrogen-bond donors (Lipinski definition) is 0. The summed E-state index contributed by atoms with van der Waals surface area (Å²) in [6.45, 7) is 4.10. The van der Waals surface area contributed by atoms with Crippen LogP contribution < -0.4 is 0 Å². The molecule has 0 unspecified atom stereocenters. The largest absolute Gasteiger partial charge is 0.248 e. The Hall–Kier alpha value is -1.63. The van der Waals surface area contributed by atoms with E-state index in [2.05, 4.69) is 24.0 Å². The molecule has 0 radical (unpaired) electrons. The average Bonchev–Trinajstić information content (AvgIpc) is 2.19. The molecule has 1 heteroatoms. The van der Waals surface area contributed by atoms with Gasteiger partial charge in [-0.2, -0.15) is 0 Å². The number of hydrogen-bond acceptors (Lipinski definition) is 1. The normalized spacial score (nSPS) is 11.3. The third kappa shape index (κ3) is 1.53. The Kier molecular flexibility index (Phi) is 2.32. The van der Waals surface area contributed by atoms with Crippen molar-refractivity contribution in [1.82, 2.24) is 4.98 Å². The summed E-state index contributed by atoms with van der Waals surface area (Å²) in [6.07, 6.45) is 4.06. The first-order chi connectivity index (χ1) is 6.81. The van der Waals surface area contributed by atoms with E-state index in [1.54, 1.807) is 0 Å². The Morgan fingerprint density at radius 1 is 1.21 bits per heavy atom. The summed E-state index contributed by atoms with van der Waals surface area (Å²) in [5, 5.41) is 1.21. The Labute approximate surface area is 84.1 Å². The van der Waals surface area contributed by atoms with Crippen molar-refractivity contribution in [3.8, 4) is 0 Å². The summed E-state index contributed by atoms with van der Waals surface area (Å²) in [6, 6.07) is 10.4. The lowest BCUT2D eigenvalue weighted by Crippen LogP contribution is -1.87. The van der Waals surface area contributed by atoms with Crippen molar-refractivity contribution in [2.75, 3.05) is 0 Å². The zero-order chi connectivity index (χ0) is 9.97. The minimum Gasteiger partial charge on any atom is -0.248 e. The van der Waals surface area contributed by atoms with Crippen LogP contribution in [0.5, 0.6) is 0 Å². The maximum Gasteiger partial charge on any atom is 0.0709 e.